The normalized spacial score (nSPS) is 10.7. The summed E-state index contributed by atoms with van der Waals surface area (Å²) in [6, 6.07) is 14.8. The topological polar surface area (TPSA) is 15.8 Å². The second kappa shape index (κ2) is 8.77. The Labute approximate surface area is 151 Å². The number of para-hydroxylation sites is 1. The van der Waals surface area contributed by atoms with Crippen LogP contribution in [0.5, 0.6) is 0 Å². The van der Waals surface area contributed by atoms with E-state index in [1.807, 2.05) is 12.1 Å². The third-order valence-corrected chi connectivity index (χ3v) is 3.39. The molecular weight excluding hydrogens is 368 g/mol. The third kappa shape index (κ3) is 4.04. The first-order chi connectivity index (χ1) is 8.34. The maximum absolute atomic E-state index is 3.06. The molecule has 0 amide bonds. The summed E-state index contributed by atoms with van der Waals surface area (Å²) in [5.74, 6) is 0. The summed E-state index contributed by atoms with van der Waals surface area (Å²) in [7, 11) is 0. The number of aromatic amines is 1. The van der Waals surface area contributed by atoms with Gasteiger partial charge in [0.25, 0.3) is 0 Å². The van der Waals surface area contributed by atoms with Gasteiger partial charge in [-0.15, -0.1) is 23.8 Å². The number of nitrogens with one attached hydrogen (secondary N) is 1. The Balaban J connectivity index is 0.000000326. The number of aryl methyl sites for hydroxylation is 3. The molecule has 1 N–H and O–H groups in total. The van der Waals surface area contributed by atoms with Crippen LogP contribution in [-0.2, 0) is 39.0 Å². The standard InChI is InChI=1S/C9H8N.C7H7.2ClH.Zr/c1-7-6-10-9-5-3-2-4-8(7)9;1-2-6-4-5-7(6)3-1;;;/h2-5,10H,1H3;1-3H,4-5H2;2*1H;/q2*-1;;;+4/p-2. The van der Waals surface area contributed by atoms with Crippen molar-refractivity contribution in [1.29, 1.82) is 0 Å². The molecule has 1 aromatic heterocycles. The van der Waals surface area contributed by atoms with E-state index in [4.69, 9.17) is 0 Å². The fourth-order valence-electron chi connectivity index (χ4n) is 2.22. The van der Waals surface area contributed by atoms with Gasteiger partial charge >= 0.3 is 26.2 Å². The van der Waals surface area contributed by atoms with Crippen LogP contribution in [-0.4, -0.2) is 4.98 Å². The van der Waals surface area contributed by atoms with E-state index in [0.29, 0.717) is 0 Å². The SMILES string of the molecule is Cc1[c-][nH]c2ccccc12.[Cl-].[Cl-].[Zr+4].c1cc2[c-](c1)CC2. The van der Waals surface area contributed by atoms with Gasteiger partial charge in [0.1, 0.15) is 0 Å². The number of aromatic nitrogens is 1. The molecule has 4 heteroatoms. The van der Waals surface area contributed by atoms with Crippen LogP contribution in [0.4, 0.5) is 0 Å². The quantitative estimate of drug-likeness (QED) is 0.424. The number of hydrogen-bond donors (Lipinski definition) is 1. The molecule has 102 valence electrons. The Morgan fingerprint density at radius 3 is 2.35 bits per heavy atom. The van der Waals surface area contributed by atoms with Crippen molar-refractivity contribution in [2.75, 3.05) is 0 Å². The minimum atomic E-state index is 0. The number of fused-ring (bicyclic) bond motifs is 2. The zero-order valence-electron chi connectivity index (χ0n) is 11.2. The van der Waals surface area contributed by atoms with Gasteiger partial charge in [-0.05, 0) is 0 Å². The number of rotatable bonds is 0. The predicted molar refractivity (Wildman–Crippen MR) is 71.3 cm³/mol. The molecule has 0 spiro atoms. The molecule has 0 atom stereocenters. The monoisotopic (exact) mass is 381 g/mol. The minimum absolute atomic E-state index is 0. The van der Waals surface area contributed by atoms with Crippen molar-refractivity contribution in [1.82, 2.24) is 4.98 Å². The summed E-state index contributed by atoms with van der Waals surface area (Å²) >= 11 is 0. The van der Waals surface area contributed by atoms with Crippen LogP contribution in [0, 0.1) is 13.1 Å². The van der Waals surface area contributed by atoms with Crippen molar-refractivity contribution in [3.63, 3.8) is 0 Å². The first kappa shape index (κ1) is 19.6. The van der Waals surface area contributed by atoms with Crippen molar-refractivity contribution >= 4 is 10.9 Å². The molecule has 0 radical (unpaired) electrons. The van der Waals surface area contributed by atoms with Crippen LogP contribution in [0.2, 0.25) is 0 Å². The summed E-state index contributed by atoms with van der Waals surface area (Å²) < 4.78 is 0. The van der Waals surface area contributed by atoms with Crippen molar-refractivity contribution in [2.24, 2.45) is 0 Å². The molecule has 0 saturated carbocycles. The Morgan fingerprint density at radius 1 is 1.10 bits per heavy atom. The van der Waals surface area contributed by atoms with E-state index >= 15 is 0 Å². The van der Waals surface area contributed by atoms with Crippen molar-refractivity contribution in [3.8, 4) is 0 Å². The number of halogens is 2. The zero-order chi connectivity index (χ0) is 11.7. The smallest absolute Gasteiger partial charge is 1.00 e. The largest absolute Gasteiger partial charge is 4.00 e. The third-order valence-electron chi connectivity index (χ3n) is 3.39. The van der Waals surface area contributed by atoms with Crippen LogP contribution >= 0.6 is 0 Å². The van der Waals surface area contributed by atoms with E-state index in [-0.39, 0.29) is 51.0 Å². The van der Waals surface area contributed by atoms with Crippen molar-refractivity contribution in [2.45, 2.75) is 19.8 Å². The van der Waals surface area contributed by atoms with Gasteiger partial charge in [-0.25, -0.2) is 12.1 Å². The van der Waals surface area contributed by atoms with Crippen LogP contribution < -0.4 is 24.8 Å². The molecule has 0 fully saturated rings. The maximum atomic E-state index is 3.06. The molecule has 0 aliphatic heterocycles. The molecule has 0 saturated heterocycles. The summed E-state index contributed by atoms with van der Waals surface area (Å²) in [5, 5.41) is 1.27. The fourth-order valence-corrected chi connectivity index (χ4v) is 2.22. The molecule has 1 aliphatic rings. The van der Waals surface area contributed by atoms with E-state index in [0.717, 1.165) is 0 Å². The van der Waals surface area contributed by atoms with E-state index in [9.17, 15) is 0 Å². The van der Waals surface area contributed by atoms with Gasteiger partial charge < -0.3 is 29.8 Å². The van der Waals surface area contributed by atoms with Gasteiger partial charge in [0, 0.05) is 0 Å². The first-order valence-electron chi connectivity index (χ1n) is 6.03. The maximum Gasteiger partial charge on any atom is 4.00 e. The number of H-pyrrole nitrogens is 1. The predicted octanol–water partition coefficient (Wildman–Crippen LogP) is -2.21. The summed E-state index contributed by atoms with van der Waals surface area (Å²) in [6.45, 7) is 2.05. The molecule has 2 aromatic carbocycles. The minimum Gasteiger partial charge on any atom is -1.00 e. The zero-order valence-corrected chi connectivity index (χ0v) is 15.2. The van der Waals surface area contributed by atoms with Crippen LogP contribution in [0.3, 0.4) is 0 Å². The number of benzene rings is 1. The average Bonchev–Trinajstić information content (AvgIpc) is 2.85. The average molecular weight is 383 g/mol. The fraction of sp³-hybridized carbons (Fsp3) is 0.188. The summed E-state index contributed by atoms with van der Waals surface area (Å²) in [6.07, 6.45) is 5.70. The van der Waals surface area contributed by atoms with Gasteiger partial charge in [0.15, 0.2) is 0 Å². The van der Waals surface area contributed by atoms with E-state index in [1.165, 1.54) is 29.3 Å². The van der Waals surface area contributed by atoms with Gasteiger partial charge in [0.2, 0.25) is 0 Å². The Bertz CT molecular complexity index is 624. The van der Waals surface area contributed by atoms with Crippen LogP contribution in [0.25, 0.3) is 10.9 Å². The molecule has 1 aliphatic carbocycles. The van der Waals surface area contributed by atoms with Gasteiger partial charge in [0.05, 0.1) is 0 Å². The Hall–Kier alpha value is -0.427. The first-order valence-corrected chi connectivity index (χ1v) is 6.03. The molecule has 20 heavy (non-hydrogen) atoms. The van der Waals surface area contributed by atoms with Gasteiger partial charge in [-0.1, -0.05) is 31.9 Å². The Morgan fingerprint density at radius 2 is 1.85 bits per heavy atom. The van der Waals surface area contributed by atoms with Gasteiger partial charge in [-0.2, -0.15) is 28.1 Å². The Kier molecular flexibility index (Phi) is 8.58. The van der Waals surface area contributed by atoms with E-state index in [2.05, 4.69) is 48.4 Å². The summed E-state index contributed by atoms with van der Waals surface area (Å²) in [5.41, 5.74) is 5.50. The molecule has 1 nitrogen and oxygen atoms in total. The van der Waals surface area contributed by atoms with Crippen LogP contribution in [0.1, 0.15) is 16.7 Å². The molecule has 1 heterocycles. The second-order valence-corrected chi connectivity index (χ2v) is 4.50. The van der Waals surface area contributed by atoms with E-state index in [1.54, 1.807) is 11.1 Å². The molecule has 0 bridgehead atoms. The molecular formula is C16H15Cl2NZr. The van der Waals surface area contributed by atoms with Crippen molar-refractivity contribution in [3.05, 3.63) is 65.4 Å². The second-order valence-electron chi connectivity index (χ2n) is 4.50. The summed E-state index contributed by atoms with van der Waals surface area (Å²) in [4.78, 5) is 3.06. The number of hydrogen-bond acceptors (Lipinski definition) is 0. The molecule has 4 rings (SSSR count). The van der Waals surface area contributed by atoms with Crippen LogP contribution in [0.15, 0.2) is 42.5 Å². The molecule has 0 unspecified atom stereocenters. The van der Waals surface area contributed by atoms with E-state index < -0.39 is 0 Å². The van der Waals surface area contributed by atoms with Gasteiger partial charge in [-0.3, -0.25) is 0 Å². The van der Waals surface area contributed by atoms with Crippen molar-refractivity contribution < 1.29 is 51.0 Å². The molecule has 3 aromatic rings.